The van der Waals surface area contributed by atoms with Gasteiger partial charge in [0.1, 0.15) is 31.0 Å². The number of hydrogen-bond acceptors (Lipinski definition) is 7. The summed E-state index contributed by atoms with van der Waals surface area (Å²) in [5.74, 6) is 0. The molecular formula is C22H25NO7. The highest BCUT2D eigenvalue weighted by Crippen LogP contribution is 2.34. The molecule has 1 amide bonds. The zero-order valence-electron chi connectivity index (χ0n) is 16.5. The number of rotatable bonds is 5. The SMILES string of the molecule is CO[C@H]1O[C@@H]2CO[C@@H](c3ccccc3)O[C@H]2[C@H](O)[C@H]1NC(=O)OCc1ccccc1. The lowest BCUT2D eigenvalue weighted by atomic mass is 9.96. The number of carbonyl (C=O) groups is 1. The molecule has 0 aromatic heterocycles. The fourth-order valence-corrected chi connectivity index (χ4v) is 3.63. The van der Waals surface area contributed by atoms with Crippen molar-refractivity contribution in [3.63, 3.8) is 0 Å². The number of methoxy groups -OCH3 is 1. The summed E-state index contributed by atoms with van der Waals surface area (Å²) in [7, 11) is 1.44. The molecule has 2 heterocycles. The van der Waals surface area contributed by atoms with Gasteiger partial charge in [-0.15, -0.1) is 0 Å². The highest BCUT2D eigenvalue weighted by molar-refractivity contribution is 5.67. The minimum absolute atomic E-state index is 0.112. The summed E-state index contributed by atoms with van der Waals surface area (Å²) >= 11 is 0. The van der Waals surface area contributed by atoms with Gasteiger partial charge in [0.15, 0.2) is 12.6 Å². The number of aliphatic hydroxyl groups is 1. The van der Waals surface area contributed by atoms with E-state index in [2.05, 4.69) is 5.32 Å². The van der Waals surface area contributed by atoms with E-state index in [1.807, 2.05) is 60.7 Å². The Morgan fingerprint density at radius 3 is 2.50 bits per heavy atom. The molecular weight excluding hydrogens is 390 g/mol. The molecule has 2 aromatic rings. The van der Waals surface area contributed by atoms with Crippen LogP contribution in [0, 0.1) is 0 Å². The molecule has 8 nitrogen and oxygen atoms in total. The Morgan fingerprint density at radius 2 is 1.80 bits per heavy atom. The molecule has 2 fully saturated rings. The lowest BCUT2D eigenvalue weighted by Crippen LogP contribution is -2.66. The molecule has 6 atom stereocenters. The largest absolute Gasteiger partial charge is 0.445 e. The first-order valence-corrected chi connectivity index (χ1v) is 9.81. The second kappa shape index (κ2) is 9.55. The van der Waals surface area contributed by atoms with Crippen molar-refractivity contribution in [1.29, 1.82) is 0 Å². The molecule has 2 N–H and O–H groups in total. The van der Waals surface area contributed by atoms with Crippen molar-refractivity contribution in [1.82, 2.24) is 5.32 Å². The van der Waals surface area contributed by atoms with Gasteiger partial charge in [-0.25, -0.2) is 4.79 Å². The van der Waals surface area contributed by atoms with Crippen LogP contribution in [0.1, 0.15) is 17.4 Å². The van der Waals surface area contributed by atoms with Gasteiger partial charge in [-0.3, -0.25) is 0 Å². The Kier molecular flexibility index (Phi) is 6.61. The highest BCUT2D eigenvalue weighted by Gasteiger charge is 2.50. The van der Waals surface area contributed by atoms with Gasteiger partial charge < -0.3 is 34.1 Å². The van der Waals surface area contributed by atoms with Crippen molar-refractivity contribution in [2.24, 2.45) is 0 Å². The third kappa shape index (κ3) is 4.63. The molecule has 8 heteroatoms. The molecule has 4 rings (SSSR count). The maximum atomic E-state index is 12.3. The number of ether oxygens (including phenoxy) is 5. The van der Waals surface area contributed by atoms with Crippen LogP contribution in [0.3, 0.4) is 0 Å². The third-order valence-corrected chi connectivity index (χ3v) is 5.17. The van der Waals surface area contributed by atoms with Crippen molar-refractivity contribution in [2.45, 2.75) is 43.5 Å². The van der Waals surface area contributed by atoms with Crippen molar-refractivity contribution >= 4 is 6.09 Å². The second-order valence-corrected chi connectivity index (χ2v) is 7.18. The first kappa shape index (κ1) is 20.8. The number of benzene rings is 2. The van der Waals surface area contributed by atoms with Crippen molar-refractivity contribution < 1.29 is 33.6 Å². The van der Waals surface area contributed by atoms with Gasteiger partial charge in [-0.1, -0.05) is 60.7 Å². The fourth-order valence-electron chi connectivity index (χ4n) is 3.63. The minimum atomic E-state index is -1.08. The first-order chi connectivity index (χ1) is 14.7. The average Bonchev–Trinajstić information content (AvgIpc) is 2.80. The molecule has 2 aromatic carbocycles. The number of nitrogens with one attached hydrogen (secondary N) is 1. The Hall–Kier alpha value is -2.49. The molecule has 0 unspecified atom stereocenters. The molecule has 2 aliphatic heterocycles. The Bertz CT molecular complexity index is 819. The van der Waals surface area contributed by atoms with Crippen LogP contribution in [0.4, 0.5) is 4.79 Å². The fraction of sp³-hybridized carbons (Fsp3) is 0.409. The summed E-state index contributed by atoms with van der Waals surface area (Å²) in [4.78, 5) is 12.3. The lowest BCUT2D eigenvalue weighted by molar-refractivity contribution is -0.341. The van der Waals surface area contributed by atoms with E-state index in [0.717, 1.165) is 11.1 Å². The molecule has 0 saturated carbocycles. The van der Waals surface area contributed by atoms with E-state index in [4.69, 9.17) is 23.7 Å². The van der Waals surface area contributed by atoms with E-state index in [9.17, 15) is 9.90 Å². The summed E-state index contributed by atoms with van der Waals surface area (Å²) in [5, 5.41) is 13.6. The zero-order valence-corrected chi connectivity index (χ0v) is 16.5. The Balaban J connectivity index is 1.40. The number of amides is 1. The number of aliphatic hydroxyl groups excluding tert-OH is 1. The minimum Gasteiger partial charge on any atom is -0.445 e. The summed E-state index contributed by atoms with van der Waals surface area (Å²) in [6.45, 7) is 0.340. The van der Waals surface area contributed by atoms with Crippen LogP contribution in [-0.2, 0) is 30.3 Å². The normalized spacial score (nSPS) is 30.9. The quantitative estimate of drug-likeness (QED) is 0.772. The van der Waals surface area contributed by atoms with Crippen LogP contribution >= 0.6 is 0 Å². The average molecular weight is 415 g/mol. The standard InChI is InChI=1S/C22H25NO7/c1-26-21-17(23-22(25)28-12-14-8-4-2-5-9-14)18(24)19-16(29-21)13-27-20(30-19)15-10-6-3-7-11-15/h2-11,16-21,24H,12-13H2,1H3,(H,23,25)/t16-,17-,18-,19-,20-,21+/m1/s1. The van der Waals surface area contributed by atoms with Crippen LogP contribution < -0.4 is 5.32 Å². The smallest absolute Gasteiger partial charge is 0.407 e. The molecule has 0 radical (unpaired) electrons. The van der Waals surface area contributed by atoms with Gasteiger partial charge >= 0.3 is 6.09 Å². The van der Waals surface area contributed by atoms with Gasteiger partial charge in [-0.05, 0) is 5.56 Å². The predicted molar refractivity (Wildman–Crippen MR) is 105 cm³/mol. The van der Waals surface area contributed by atoms with Crippen LogP contribution in [0.15, 0.2) is 60.7 Å². The van der Waals surface area contributed by atoms with Crippen LogP contribution in [0.5, 0.6) is 0 Å². The molecule has 0 aliphatic carbocycles. The van der Waals surface area contributed by atoms with Gasteiger partial charge in [0.05, 0.1) is 6.61 Å². The number of hydrogen-bond donors (Lipinski definition) is 2. The van der Waals surface area contributed by atoms with Crippen LogP contribution in [0.2, 0.25) is 0 Å². The summed E-state index contributed by atoms with van der Waals surface area (Å²) in [6.07, 6.45) is -4.48. The molecule has 0 bridgehead atoms. The van der Waals surface area contributed by atoms with E-state index in [1.165, 1.54) is 7.11 Å². The summed E-state index contributed by atoms with van der Waals surface area (Å²) in [5.41, 5.74) is 1.69. The maximum Gasteiger partial charge on any atom is 0.407 e. The van der Waals surface area contributed by atoms with Crippen LogP contribution in [-0.4, -0.2) is 55.6 Å². The van der Waals surface area contributed by atoms with E-state index >= 15 is 0 Å². The number of alkyl carbamates (subject to hydrolysis) is 1. The number of carbonyl (C=O) groups excluding carboxylic acids is 1. The van der Waals surface area contributed by atoms with E-state index in [-0.39, 0.29) is 13.2 Å². The number of fused-ring (bicyclic) bond motifs is 1. The molecule has 30 heavy (non-hydrogen) atoms. The Labute approximate surface area is 174 Å². The van der Waals surface area contributed by atoms with Gasteiger partial charge in [0.2, 0.25) is 0 Å². The maximum absolute atomic E-state index is 12.3. The lowest BCUT2D eigenvalue weighted by Gasteiger charge is -2.47. The summed E-state index contributed by atoms with van der Waals surface area (Å²) in [6, 6.07) is 17.9. The third-order valence-electron chi connectivity index (χ3n) is 5.17. The van der Waals surface area contributed by atoms with Gasteiger partial charge in [0, 0.05) is 12.7 Å². The van der Waals surface area contributed by atoms with E-state index < -0.39 is 43.0 Å². The molecule has 160 valence electrons. The Morgan fingerprint density at radius 1 is 1.10 bits per heavy atom. The predicted octanol–water partition coefficient (Wildman–Crippen LogP) is 2.13. The summed E-state index contributed by atoms with van der Waals surface area (Å²) < 4.78 is 28.2. The molecule has 2 aliphatic rings. The monoisotopic (exact) mass is 415 g/mol. The van der Waals surface area contributed by atoms with E-state index in [1.54, 1.807) is 0 Å². The van der Waals surface area contributed by atoms with Crippen molar-refractivity contribution in [2.75, 3.05) is 13.7 Å². The van der Waals surface area contributed by atoms with E-state index in [0.29, 0.717) is 0 Å². The van der Waals surface area contributed by atoms with Gasteiger partial charge in [0.25, 0.3) is 0 Å². The highest BCUT2D eigenvalue weighted by atomic mass is 16.7. The molecule has 2 saturated heterocycles. The second-order valence-electron chi connectivity index (χ2n) is 7.18. The first-order valence-electron chi connectivity index (χ1n) is 9.81. The van der Waals surface area contributed by atoms with Crippen LogP contribution in [0.25, 0.3) is 0 Å². The van der Waals surface area contributed by atoms with Crippen molar-refractivity contribution in [3.05, 3.63) is 71.8 Å². The van der Waals surface area contributed by atoms with Crippen molar-refractivity contribution in [3.8, 4) is 0 Å². The topological polar surface area (TPSA) is 95.5 Å². The molecule has 0 spiro atoms. The van der Waals surface area contributed by atoms with Gasteiger partial charge in [-0.2, -0.15) is 0 Å². The zero-order chi connectivity index (χ0) is 20.9.